The van der Waals surface area contributed by atoms with Crippen molar-refractivity contribution in [1.82, 2.24) is 9.80 Å². The highest BCUT2D eigenvalue weighted by Crippen LogP contribution is 2.23. The lowest BCUT2D eigenvalue weighted by Crippen LogP contribution is -2.39. The van der Waals surface area contributed by atoms with Crippen LogP contribution in [0.3, 0.4) is 0 Å². The van der Waals surface area contributed by atoms with Gasteiger partial charge in [0.05, 0.1) is 0 Å². The van der Waals surface area contributed by atoms with E-state index in [4.69, 9.17) is 5.73 Å². The van der Waals surface area contributed by atoms with E-state index in [1.54, 1.807) is 34.1 Å². The molecule has 1 fully saturated rings. The zero-order valence-electron chi connectivity index (χ0n) is 17.4. The molecule has 0 unspecified atom stereocenters. The van der Waals surface area contributed by atoms with Gasteiger partial charge in [0, 0.05) is 43.1 Å². The fraction of sp³-hybridized carbons (Fsp3) is 0.391. The predicted molar refractivity (Wildman–Crippen MR) is 117 cm³/mol. The second-order valence-corrected chi connectivity index (χ2v) is 8.51. The van der Waals surface area contributed by atoms with Gasteiger partial charge in [-0.1, -0.05) is 32.9 Å². The summed E-state index contributed by atoms with van der Waals surface area (Å²) in [6.45, 7) is 8.76. The van der Waals surface area contributed by atoms with Crippen molar-refractivity contribution in [1.29, 1.82) is 0 Å². The summed E-state index contributed by atoms with van der Waals surface area (Å²) in [4.78, 5) is 29.0. The molecule has 3 amide bonds. The minimum atomic E-state index is -0.129. The van der Waals surface area contributed by atoms with Crippen molar-refractivity contribution >= 4 is 23.3 Å². The minimum absolute atomic E-state index is 0.0231. The molecule has 1 saturated heterocycles. The van der Waals surface area contributed by atoms with Crippen LogP contribution >= 0.6 is 0 Å². The Morgan fingerprint density at radius 1 is 0.862 bits per heavy atom. The highest BCUT2D eigenvalue weighted by molar-refractivity contribution is 5.94. The Labute approximate surface area is 172 Å². The maximum atomic E-state index is 12.7. The molecule has 0 spiro atoms. The topological polar surface area (TPSA) is 78.7 Å². The van der Waals surface area contributed by atoms with Crippen molar-refractivity contribution in [3.8, 4) is 0 Å². The number of nitrogen functional groups attached to an aromatic ring is 1. The molecule has 2 aromatic rings. The molecule has 154 valence electrons. The summed E-state index contributed by atoms with van der Waals surface area (Å²) in [7, 11) is 0. The molecule has 0 atom stereocenters. The van der Waals surface area contributed by atoms with Gasteiger partial charge >= 0.3 is 6.03 Å². The average molecular weight is 395 g/mol. The Bertz CT molecular complexity index is 854. The summed E-state index contributed by atoms with van der Waals surface area (Å²) >= 11 is 0. The molecule has 0 bridgehead atoms. The first-order valence-corrected chi connectivity index (χ1v) is 10.1. The maximum Gasteiger partial charge on any atom is 0.321 e. The monoisotopic (exact) mass is 394 g/mol. The van der Waals surface area contributed by atoms with E-state index in [1.165, 1.54) is 5.56 Å². The van der Waals surface area contributed by atoms with Gasteiger partial charge in [-0.25, -0.2) is 4.79 Å². The number of urea groups is 1. The third-order valence-corrected chi connectivity index (χ3v) is 5.23. The molecular weight excluding hydrogens is 364 g/mol. The molecule has 1 aliphatic rings. The largest absolute Gasteiger partial charge is 0.399 e. The molecule has 0 aliphatic carbocycles. The number of benzene rings is 2. The Balaban J connectivity index is 1.58. The van der Waals surface area contributed by atoms with Crippen LogP contribution in [0, 0.1) is 0 Å². The van der Waals surface area contributed by atoms with Gasteiger partial charge in [0.25, 0.3) is 5.91 Å². The van der Waals surface area contributed by atoms with Crippen LogP contribution in [0.5, 0.6) is 0 Å². The molecule has 3 rings (SSSR count). The number of hydrogen-bond acceptors (Lipinski definition) is 3. The Morgan fingerprint density at radius 2 is 1.45 bits per heavy atom. The van der Waals surface area contributed by atoms with Gasteiger partial charge < -0.3 is 20.9 Å². The number of rotatable bonds is 2. The molecular formula is C23H30N4O2. The number of nitrogens with two attached hydrogens (primary N) is 1. The zero-order valence-corrected chi connectivity index (χ0v) is 17.4. The minimum Gasteiger partial charge on any atom is -0.399 e. The van der Waals surface area contributed by atoms with Crippen LogP contribution in [0.1, 0.15) is 43.1 Å². The number of hydrogen-bond donors (Lipinski definition) is 2. The predicted octanol–water partition coefficient (Wildman–Crippen LogP) is 3.95. The quantitative estimate of drug-likeness (QED) is 0.757. The van der Waals surface area contributed by atoms with Crippen LogP contribution in [-0.2, 0) is 5.41 Å². The van der Waals surface area contributed by atoms with Crippen molar-refractivity contribution in [2.45, 2.75) is 32.6 Å². The molecule has 0 saturated carbocycles. The van der Waals surface area contributed by atoms with Crippen molar-refractivity contribution in [2.24, 2.45) is 0 Å². The van der Waals surface area contributed by atoms with Gasteiger partial charge in [-0.15, -0.1) is 0 Å². The zero-order chi connectivity index (χ0) is 21.0. The number of nitrogens with zero attached hydrogens (tertiary/aromatic N) is 2. The first-order chi connectivity index (χ1) is 13.7. The third-order valence-electron chi connectivity index (χ3n) is 5.23. The maximum absolute atomic E-state index is 12.7. The van der Waals surface area contributed by atoms with Crippen LogP contribution < -0.4 is 11.1 Å². The van der Waals surface area contributed by atoms with Crippen LogP contribution in [0.25, 0.3) is 0 Å². The lowest BCUT2D eigenvalue weighted by Gasteiger charge is -2.23. The van der Waals surface area contributed by atoms with E-state index in [2.05, 4.69) is 26.1 Å². The Morgan fingerprint density at radius 3 is 2.07 bits per heavy atom. The second kappa shape index (κ2) is 8.55. The van der Waals surface area contributed by atoms with Crippen LogP contribution in [0.4, 0.5) is 16.2 Å². The molecule has 1 aliphatic heterocycles. The van der Waals surface area contributed by atoms with Crippen molar-refractivity contribution in [2.75, 3.05) is 37.2 Å². The van der Waals surface area contributed by atoms with Gasteiger partial charge in [0.15, 0.2) is 0 Å². The molecule has 6 heteroatoms. The third kappa shape index (κ3) is 5.28. The van der Waals surface area contributed by atoms with Crippen molar-refractivity contribution < 1.29 is 9.59 Å². The fourth-order valence-corrected chi connectivity index (χ4v) is 3.39. The molecule has 1 heterocycles. The van der Waals surface area contributed by atoms with E-state index in [-0.39, 0.29) is 17.4 Å². The van der Waals surface area contributed by atoms with Crippen molar-refractivity contribution in [3.63, 3.8) is 0 Å². The first kappa shape index (κ1) is 20.7. The number of nitrogens with one attached hydrogen (secondary N) is 1. The number of anilines is 2. The lowest BCUT2D eigenvalue weighted by atomic mass is 9.87. The van der Waals surface area contributed by atoms with Gasteiger partial charge in [0.1, 0.15) is 0 Å². The summed E-state index contributed by atoms with van der Waals surface area (Å²) in [6.07, 6.45) is 0.747. The number of amides is 3. The van der Waals surface area contributed by atoms with Gasteiger partial charge in [-0.2, -0.15) is 0 Å². The van der Waals surface area contributed by atoms with Crippen LogP contribution in [-0.4, -0.2) is 47.9 Å². The van der Waals surface area contributed by atoms with E-state index in [9.17, 15) is 9.59 Å². The van der Waals surface area contributed by atoms with Gasteiger partial charge in [0.2, 0.25) is 0 Å². The summed E-state index contributed by atoms with van der Waals surface area (Å²) in [6, 6.07) is 14.8. The van der Waals surface area contributed by atoms with E-state index in [1.807, 2.05) is 24.3 Å². The summed E-state index contributed by atoms with van der Waals surface area (Å²) in [5.41, 5.74) is 9.04. The first-order valence-electron chi connectivity index (χ1n) is 10.1. The molecule has 29 heavy (non-hydrogen) atoms. The molecule has 0 aromatic heterocycles. The van der Waals surface area contributed by atoms with E-state index < -0.39 is 0 Å². The fourth-order valence-electron chi connectivity index (χ4n) is 3.39. The van der Waals surface area contributed by atoms with Crippen molar-refractivity contribution in [3.05, 3.63) is 59.7 Å². The van der Waals surface area contributed by atoms with E-state index >= 15 is 0 Å². The molecule has 6 nitrogen and oxygen atoms in total. The summed E-state index contributed by atoms with van der Waals surface area (Å²) in [5.74, 6) is -0.0231. The SMILES string of the molecule is CC(C)(C)c1ccc(NC(=O)N2CCCN(C(=O)c3ccc(N)cc3)CC2)cc1. The molecule has 3 N–H and O–H groups in total. The standard InChI is InChI=1S/C23H30N4O2/c1-23(2,3)18-7-11-20(12-8-18)25-22(29)27-14-4-13-26(15-16-27)21(28)17-5-9-19(24)10-6-17/h5-12H,4,13-16,24H2,1-3H3,(H,25,29). The van der Waals surface area contributed by atoms with E-state index in [0.717, 1.165) is 12.1 Å². The summed E-state index contributed by atoms with van der Waals surface area (Å²) < 4.78 is 0. The van der Waals surface area contributed by atoms with Crippen LogP contribution in [0.2, 0.25) is 0 Å². The second-order valence-electron chi connectivity index (χ2n) is 8.51. The highest BCUT2D eigenvalue weighted by atomic mass is 16.2. The number of carbonyl (C=O) groups excluding carboxylic acids is 2. The number of carbonyl (C=O) groups is 2. The van der Waals surface area contributed by atoms with Gasteiger partial charge in [-0.05, 0) is 53.8 Å². The molecule has 0 radical (unpaired) electrons. The summed E-state index contributed by atoms with van der Waals surface area (Å²) in [5, 5.41) is 2.97. The Kier molecular flexibility index (Phi) is 6.11. The lowest BCUT2D eigenvalue weighted by molar-refractivity contribution is 0.0762. The van der Waals surface area contributed by atoms with Crippen LogP contribution in [0.15, 0.2) is 48.5 Å². The normalized spacial score (nSPS) is 15.0. The van der Waals surface area contributed by atoms with Gasteiger partial charge in [-0.3, -0.25) is 4.79 Å². The van der Waals surface area contributed by atoms with E-state index in [0.29, 0.717) is 37.4 Å². The highest BCUT2D eigenvalue weighted by Gasteiger charge is 2.23. The molecule has 2 aromatic carbocycles. The average Bonchev–Trinajstić information content (AvgIpc) is 2.94. The Hall–Kier alpha value is -3.02. The smallest absolute Gasteiger partial charge is 0.321 e.